The lowest BCUT2D eigenvalue weighted by molar-refractivity contribution is -0.117. The first-order chi connectivity index (χ1) is 11.1. The fraction of sp³-hybridized carbons (Fsp3) is 0.385. The van der Waals surface area contributed by atoms with Gasteiger partial charge >= 0.3 is 16.3 Å². The topological polar surface area (TPSA) is 127 Å². The quantitative estimate of drug-likeness (QED) is 0.654. The highest BCUT2D eigenvalue weighted by Crippen LogP contribution is 2.39. The second-order valence-electron chi connectivity index (χ2n) is 5.70. The number of phenolic OH excluding ortho intramolecular Hbond substituents is 1. The van der Waals surface area contributed by atoms with Crippen molar-refractivity contribution in [1.82, 2.24) is 9.62 Å². The molecule has 2 amide bonds. The Morgan fingerprint density at radius 3 is 2.62 bits per heavy atom. The molecule has 1 aromatic rings. The van der Waals surface area contributed by atoms with Gasteiger partial charge in [0.1, 0.15) is 18.0 Å². The van der Waals surface area contributed by atoms with Crippen LogP contribution in [0.25, 0.3) is 0 Å². The van der Waals surface area contributed by atoms with Gasteiger partial charge in [-0.15, -0.1) is 0 Å². The van der Waals surface area contributed by atoms with E-state index in [1.165, 1.54) is 0 Å². The zero-order valence-corrected chi connectivity index (χ0v) is 13.3. The van der Waals surface area contributed by atoms with Gasteiger partial charge in [-0.3, -0.25) is 4.79 Å². The lowest BCUT2D eigenvalue weighted by atomic mass is 9.93. The Morgan fingerprint density at radius 1 is 1.42 bits per heavy atom. The maximum atomic E-state index is 14.9. The Balaban J connectivity index is 2.11. The maximum Gasteiger partial charge on any atom is 0.407 e. The summed E-state index contributed by atoms with van der Waals surface area (Å²) in [5.74, 6) is -2.48. The highest BCUT2D eigenvalue weighted by atomic mass is 32.2. The van der Waals surface area contributed by atoms with E-state index in [1.807, 2.05) is 0 Å². The van der Waals surface area contributed by atoms with E-state index in [0.29, 0.717) is 4.31 Å². The molecule has 1 atom stereocenters. The summed E-state index contributed by atoms with van der Waals surface area (Å²) in [6, 6.07) is 0.616. The summed E-state index contributed by atoms with van der Waals surface area (Å²) in [6.45, 7) is 0.837. The molecular formula is C13H14FN3O6S. The zero-order valence-electron chi connectivity index (χ0n) is 12.5. The van der Waals surface area contributed by atoms with Crippen LogP contribution in [0.5, 0.6) is 5.75 Å². The van der Waals surface area contributed by atoms with Crippen molar-refractivity contribution in [2.24, 2.45) is 0 Å². The first kappa shape index (κ1) is 16.3. The van der Waals surface area contributed by atoms with Gasteiger partial charge < -0.3 is 15.1 Å². The van der Waals surface area contributed by atoms with Crippen LogP contribution in [0.1, 0.15) is 18.1 Å². The van der Waals surface area contributed by atoms with Gasteiger partial charge in [0.05, 0.1) is 0 Å². The largest absolute Gasteiger partial charge is 0.506 e. The number of rotatable bonds is 1. The summed E-state index contributed by atoms with van der Waals surface area (Å²) >= 11 is 0. The van der Waals surface area contributed by atoms with Gasteiger partial charge in [-0.05, 0) is 30.5 Å². The van der Waals surface area contributed by atoms with E-state index in [0.717, 1.165) is 11.0 Å². The van der Waals surface area contributed by atoms with Crippen molar-refractivity contribution < 1.29 is 32.6 Å². The number of amides is 2. The number of nitrogens with zero attached hydrogens (tertiary/aromatic N) is 2. The third-order valence-electron chi connectivity index (χ3n) is 4.10. The van der Waals surface area contributed by atoms with Crippen molar-refractivity contribution in [3.8, 4) is 5.75 Å². The fourth-order valence-corrected chi connectivity index (χ4v) is 4.13. The number of hydrogen-bond donors (Lipinski definition) is 3. The maximum absolute atomic E-state index is 14.9. The van der Waals surface area contributed by atoms with Crippen LogP contribution in [0.15, 0.2) is 6.07 Å². The van der Waals surface area contributed by atoms with Crippen molar-refractivity contribution in [2.45, 2.75) is 25.9 Å². The number of carbonyl (C=O) groups is 2. The summed E-state index contributed by atoms with van der Waals surface area (Å²) in [6.07, 6.45) is -1.15. The second kappa shape index (κ2) is 5.23. The molecule has 1 aromatic carbocycles. The lowest BCUT2D eigenvalue weighted by Crippen LogP contribution is -2.42. The molecule has 9 nitrogen and oxygen atoms in total. The molecule has 2 heterocycles. The SMILES string of the molecule is C[C@H]1Cc2c(cc(O)c(N3CC(=O)NS3(=O)=O)c2F)CN1C(=O)O. The smallest absolute Gasteiger partial charge is 0.407 e. The monoisotopic (exact) mass is 359 g/mol. The minimum absolute atomic E-state index is 0.0238. The number of phenols is 1. The highest BCUT2D eigenvalue weighted by Gasteiger charge is 2.39. The fourth-order valence-electron chi connectivity index (χ4n) is 2.96. The summed E-state index contributed by atoms with van der Waals surface area (Å²) in [7, 11) is -4.27. The van der Waals surface area contributed by atoms with E-state index in [9.17, 15) is 27.5 Å². The van der Waals surface area contributed by atoms with E-state index in [-0.39, 0.29) is 24.1 Å². The number of carbonyl (C=O) groups excluding carboxylic acids is 1. The van der Waals surface area contributed by atoms with Gasteiger partial charge in [0.25, 0.3) is 5.91 Å². The number of anilines is 1. The Bertz CT molecular complexity index is 856. The molecule has 130 valence electrons. The predicted molar refractivity (Wildman–Crippen MR) is 79.2 cm³/mol. The Labute approximate surface area is 136 Å². The van der Waals surface area contributed by atoms with Gasteiger partial charge in [0.2, 0.25) is 0 Å². The first-order valence-corrected chi connectivity index (χ1v) is 8.42. The van der Waals surface area contributed by atoms with Crippen LogP contribution in [-0.4, -0.2) is 48.1 Å². The molecule has 1 fully saturated rings. The molecule has 24 heavy (non-hydrogen) atoms. The summed E-state index contributed by atoms with van der Waals surface area (Å²) in [4.78, 5) is 23.6. The van der Waals surface area contributed by atoms with Crippen LogP contribution < -0.4 is 9.03 Å². The van der Waals surface area contributed by atoms with E-state index in [1.54, 1.807) is 11.6 Å². The van der Waals surface area contributed by atoms with Crippen molar-refractivity contribution in [1.29, 1.82) is 0 Å². The molecular weight excluding hydrogens is 345 g/mol. The van der Waals surface area contributed by atoms with Crippen LogP contribution in [0.2, 0.25) is 0 Å². The van der Waals surface area contributed by atoms with Crippen LogP contribution in [-0.2, 0) is 28.0 Å². The number of carboxylic acid groups (broad SMARTS) is 1. The van der Waals surface area contributed by atoms with E-state index in [2.05, 4.69) is 0 Å². The average Bonchev–Trinajstić information content (AvgIpc) is 2.72. The third kappa shape index (κ3) is 2.40. The molecule has 0 unspecified atom stereocenters. The standard InChI is InChI=1S/C13H14FN3O6S/c1-6-2-8-7(4-16(6)13(20)21)3-9(18)12(11(8)14)17-5-10(19)15-24(17,22)23/h3,6,18H,2,4-5H2,1H3,(H,15,19)(H,20,21)/t6-/m0/s1. The molecule has 0 radical (unpaired) electrons. The van der Waals surface area contributed by atoms with E-state index < -0.39 is 52.1 Å². The average molecular weight is 359 g/mol. The number of aromatic hydroxyl groups is 1. The number of hydrogen-bond acceptors (Lipinski definition) is 5. The number of fused-ring (bicyclic) bond motifs is 1. The van der Waals surface area contributed by atoms with Crippen molar-refractivity contribution in [3.05, 3.63) is 23.0 Å². The summed E-state index contributed by atoms with van der Waals surface area (Å²) < 4.78 is 40.8. The molecule has 11 heteroatoms. The molecule has 2 aliphatic rings. The number of benzene rings is 1. The molecule has 0 aliphatic carbocycles. The van der Waals surface area contributed by atoms with Gasteiger partial charge in [-0.25, -0.2) is 18.2 Å². The molecule has 0 spiro atoms. The summed E-state index contributed by atoms with van der Waals surface area (Å²) in [5.41, 5.74) is -0.226. The van der Waals surface area contributed by atoms with Gasteiger partial charge in [-0.1, -0.05) is 0 Å². The molecule has 0 aromatic heterocycles. The molecule has 3 N–H and O–H groups in total. The Morgan fingerprint density at radius 2 is 2.08 bits per heavy atom. The minimum atomic E-state index is -4.27. The molecule has 1 saturated heterocycles. The van der Waals surface area contributed by atoms with Crippen LogP contribution in [0.3, 0.4) is 0 Å². The third-order valence-corrected chi connectivity index (χ3v) is 5.48. The second-order valence-corrected chi connectivity index (χ2v) is 7.29. The zero-order chi connectivity index (χ0) is 17.8. The normalized spacial score (nSPS) is 22.2. The predicted octanol–water partition coefficient (Wildman–Crippen LogP) is 0.137. The Kier molecular flexibility index (Phi) is 3.55. The van der Waals surface area contributed by atoms with E-state index in [4.69, 9.17) is 5.11 Å². The van der Waals surface area contributed by atoms with Crippen molar-refractivity contribution >= 4 is 27.9 Å². The van der Waals surface area contributed by atoms with Crippen LogP contribution in [0, 0.1) is 5.82 Å². The molecule has 0 saturated carbocycles. The highest BCUT2D eigenvalue weighted by molar-refractivity contribution is 7.92. The Hall–Kier alpha value is -2.56. The molecule has 2 aliphatic heterocycles. The first-order valence-electron chi connectivity index (χ1n) is 6.98. The number of halogens is 1. The lowest BCUT2D eigenvalue weighted by Gasteiger charge is -2.33. The molecule has 0 bridgehead atoms. The summed E-state index contributed by atoms with van der Waals surface area (Å²) in [5, 5.41) is 19.2. The van der Waals surface area contributed by atoms with Gasteiger partial charge in [-0.2, -0.15) is 8.42 Å². The molecule has 3 rings (SSSR count). The van der Waals surface area contributed by atoms with E-state index >= 15 is 0 Å². The van der Waals surface area contributed by atoms with Gasteiger partial charge in [0, 0.05) is 12.6 Å². The van der Waals surface area contributed by atoms with Crippen molar-refractivity contribution in [3.63, 3.8) is 0 Å². The minimum Gasteiger partial charge on any atom is -0.506 e. The van der Waals surface area contributed by atoms with Crippen LogP contribution >= 0.6 is 0 Å². The number of nitrogens with one attached hydrogen (secondary N) is 1. The van der Waals surface area contributed by atoms with Gasteiger partial charge in [0.15, 0.2) is 5.82 Å². The van der Waals surface area contributed by atoms with Crippen molar-refractivity contribution in [2.75, 3.05) is 10.8 Å². The van der Waals surface area contributed by atoms with Crippen LogP contribution in [0.4, 0.5) is 14.9 Å².